The number of fused-ring (bicyclic) bond motifs is 2. The van der Waals surface area contributed by atoms with Gasteiger partial charge in [-0.25, -0.2) is 0 Å². The van der Waals surface area contributed by atoms with E-state index in [1.807, 2.05) is 13.8 Å². The molecule has 6 nitrogen and oxygen atoms in total. The minimum absolute atomic E-state index is 0.00618. The Balaban J connectivity index is 1.92. The van der Waals surface area contributed by atoms with Crippen molar-refractivity contribution in [2.75, 3.05) is 6.61 Å². The topological polar surface area (TPSA) is 85.4 Å². The van der Waals surface area contributed by atoms with Crippen molar-refractivity contribution < 1.29 is 28.9 Å². The van der Waals surface area contributed by atoms with Crippen LogP contribution in [0.4, 0.5) is 0 Å². The van der Waals surface area contributed by atoms with Gasteiger partial charge in [-0.05, 0) is 31.4 Å². The molecule has 0 unspecified atom stereocenters. The minimum Gasteiger partial charge on any atom is -0.458 e. The average molecular weight is 324 g/mol. The van der Waals surface area contributed by atoms with Crippen molar-refractivity contribution in [3.8, 4) is 0 Å². The predicted octanol–water partition coefficient (Wildman–Crippen LogP) is 1.36. The Bertz CT molecular complexity index is 541. The van der Waals surface area contributed by atoms with Crippen LogP contribution < -0.4 is 0 Å². The number of ether oxygens (including phenoxy) is 3. The molecule has 2 heterocycles. The molecule has 0 radical (unpaired) electrons. The minimum atomic E-state index is -0.544. The maximum absolute atomic E-state index is 11.9. The zero-order valence-electron chi connectivity index (χ0n) is 13.8. The fraction of sp³-hybridized carbons (Fsp3) is 0.765. The number of esters is 2. The summed E-state index contributed by atoms with van der Waals surface area (Å²) in [6, 6.07) is 0. The number of rotatable bonds is 2. The molecule has 23 heavy (non-hydrogen) atoms. The Labute approximate surface area is 135 Å². The summed E-state index contributed by atoms with van der Waals surface area (Å²) in [7, 11) is 0. The lowest BCUT2D eigenvalue weighted by molar-refractivity contribution is -0.146. The van der Waals surface area contributed by atoms with Crippen LogP contribution in [0.15, 0.2) is 11.6 Å². The van der Waals surface area contributed by atoms with Crippen molar-refractivity contribution in [1.82, 2.24) is 0 Å². The maximum atomic E-state index is 11.9. The van der Waals surface area contributed by atoms with Gasteiger partial charge in [-0.15, -0.1) is 0 Å². The highest BCUT2D eigenvalue weighted by Gasteiger charge is 2.55. The molecule has 3 rings (SSSR count). The summed E-state index contributed by atoms with van der Waals surface area (Å²) in [6.45, 7) is 5.03. The van der Waals surface area contributed by atoms with Gasteiger partial charge in [0.05, 0.1) is 24.2 Å². The van der Waals surface area contributed by atoms with Crippen molar-refractivity contribution in [3.05, 3.63) is 11.6 Å². The smallest absolute Gasteiger partial charge is 0.309 e. The van der Waals surface area contributed by atoms with Gasteiger partial charge in [-0.2, -0.15) is 0 Å². The summed E-state index contributed by atoms with van der Waals surface area (Å²) in [5.74, 6) is -0.734. The summed E-state index contributed by atoms with van der Waals surface area (Å²) < 4.78 is 16.7. The molecule has 6 heteroatoms. The number of carbonyl (C=O) groups is 2. The van der Waals surface area contributed by atoms with Gasteiger partial charge in [0.15, 0.2) is 0 Å². The second-order valence-electron chi connectivity index (χ2n) is 7.05. The first-order valence-electron chi connectivity index (χ1n) is 8.21. The molecule has 6 atom stereocenters. The quantitative estimate of drug-likeness (QED) is 0.469. The van der Waals surface area contributed by atoms with Crippen molar-refractivity contribution in [1.29, 1.82) is 0 Å². The molecule has 2 fully saturated rings. The molecular formula is C17H24O6. The number of hydrogen-bond donors (Lipinski definition) is 1. The Hall–Kier alpha value is -1.40. The van der Waals surface area contributed by atoms with Crippen LogP contribution in [0.25, 0.3) is 0 Å². The molecule has 0 aromatic heterocycles. The lowest BCUT2D eigenvalue weighted by atomic mass is 9.82. The first-order valence-corrected chi connectivity index (χ1v) is 8.21. The largest absolute Gasteiger partial charge is 0.458 e. The molecule has 2 aliphatic heterocycles. The molecule has 1 aliphatic carbocycles. The van der Waals surface area contributed by atoms with Crippen LogP contribution in [0.3, 0.4) is 0 Å². The van der Waals surface area contributed by atoms with Crippen LogP contribution in [0.2, 0.25) is 0 Å². The molecule has 0 saturated carbocycles. The van der Waals surface area contributed by atoms with Crippen molar-refractivity contribution in [2.24, 2.45) is 11.8 Å². The summed E-state index contributed by atoms with van der Waals surface area (Å²) in [6.07, 6.45) is 3.04. The molecule has 1 N–H and O–H groups in total. The van der Waals surface area contributed by atoms with E-state index in [0.29, 0.717) is 12.0 Å². The molecule has 0 amide bonds. The molecule has 0 aromatic rings. The third kappa shape index (κ3) is 3.15. The SMILES string of the molecule is CC(=O)O[C@H]1C[C@H]2O[C@]2(C)CC[C@@H]2[C@H](C=C1CO)OC(=O)[C@@H]2C. The summed E-state index contributed by atoms with van der Waals surface area (Å²) in [5.41, 5.74) is 0.337. The van der Waals surface area contributed by atoms with Gasteiger partial charge in [0.25, 0.3) is 0 Å². The van der Waals surface area contributed by atoms with E-state index in [1.165, 1.54) is 6.92 Å². The van der Waals surface area contributed by atoms with Crippen LogP contribution in [-0.2, 0) is 23.8 Å². The monoisotopic (exact) mass is 324 g/mol. The average Bonchev–Trinajstić information content (AvgIpc) is 3.03. The molecule has 0 bridgehead atoms. The van der Waals surface area contributed by atoms with E-state index in [9.17, 15) is 14.7 Å². The second kappa shape index (κ2) is 5.91. The van der Waals surface area contributed by atoms with E-state index >= 15 is 0 Å². The van der Waals surface area contributed by atoms with Crippen molar-refractivity contribution in [3.63, 3.8) is 0 Å². The normalized spacial score (nSPS) is 42.9. The zero-order valence-corrected chi connectivity index (χ0v) is 13.8. The van der Waals surface area contributed by atoms with Crippen LogP contribution in [0, 0.1) is 11.8 Å². The Morgan fingerprint density at radius 2 is 2.26 bits per heavy atom. The zero-order chi connectivity index (χ0) is 16.8. The van der Waals surface area contributed by atoms with Crippen LogP contribution in [0.1, 0.15) is 40.0 Å². The number of aliphatic hydroxyl groups is 1. The lowest BCUT2D eigenvalue weighted by Crippen LogP contribution is -2.29. The van der Waals surface area contributed by atoms with E-state index in [0.717, 1.165) is 12.8 Å². The summed E-state index contributed by atoms with van der Waals surface area (Å²) in [4.78, 5) is 23.3. The molecular weight excluding hydrogens is 300 g/mol. The van der Waals surface area contributed by atoms with E-state index in [4.69, 9.17) is 14.2 Å². The fourth-order valence-electron chi connectivity index (χ4n) is 3.76. The van der Waals surface area contributed by atoms with Gasteiger partial charge >= 0.3 is 11.9 Å². The third-order valence-electron chi connectivity index (χ3n) is 5.41. The molecule has 0 spiro atoms. The highest BCUT2D eigenvalue weighted by Crippen LogP contribution is 2.47. The van der Waals surface area contributed by atoms with Gasteiger partial charge in [-0.1, -0.05) is 6.92 Å². The number of epoxide rings is 1. The standard InChI is InChI=1S/C17H24O6/c1-9-12-4-5-17(3)15(23-17)7-13(21-10(2)19)11(8-18)6-14(12)22-16(9)20/h6,9,12-15,18H,4-5,7-8H2,1-3H3/t9-,12+,13+,14+,15-,17-/m1/s1. The summed E-state index contributed by atoms with van der Waals surface area (Å²) >= 11 is 0. The highest BCUT2D eigenvalue weighted by molar-refractivity contribution is 5.75. The molecule has 0 aromatic carbocycles. The Morgan fingerprint density at radius 1 is 1.52 bits per heavy atom. The highest BCUT2D eigenvalue weighted by atomic mass is 16.6. The van der Waals surface area contributed by atoms with E-state index in [2.05, 4.69) is 0 Å². The molecule has 2 saturated heterocycles. The van der Waals surface area contributed by atoms with Gasteiger partial charge in [0.1, 0.15) is 12.2 Å². The lowest BCUT2D eigenvalue weighted by Gasteiger charge is -2.24. The third-order valence-corrected chi connectivity index (χ3v) is 5.41. The molecule has 3 aliphatic rings. The Morgan fingerprint density at radius 3 is 2.91 bits per heavy atom. The fourth-order valence-corrected chi connectivity index (χ4v) is 3.76. The first kappa shape index (κ1) is 16.5. The van der Waals surface area contributed by atoms with Crippen LogP contribution in [-0.4, -0.2) is 47.6 Å². The van der Waals surface area contributed by atoms with Crippen molar-refractivity contribution in [2.45, 2.75) is 63.9 Å². The van der Waals surface area contributed by atoms with Crippen LogP contribution >= 0.6 is 0 Å². The van der Waals surface area contributed by atoms with E-state index in [-0.39, 0.29) is 42.2 Å². The maximum Gasteiger partial charge on any atom is 0.309 e. The van der Waals surface area contributed by atoms with E-state index in [1.54, 1.807) is 6.08 Å². The number of hydrogen-bond acceptors (Lipinski definition) is 6. The molecule has 128 valence electrons. The van der Waals surface area contributed by atoms with Gasteiger partial charge in [0, 0.05) is 19.3 Å². The summed E-state index contributed by atoms with van der Waals surface area (Å²) in [5, 5.41) is 9.73. The second-order valence-corrected chi connectivity index (χ2v) is 7.05. The first-order chi connectivity index (χ1) is 10.8. The van der Waals surface area contributed by atoms with Gasteiger partial charge in [0.2, 0.25) is 0 Å². The van der Waals surface area contributed by atoms with E-state index < -0.39 is 12.1 Å². The Kier molecular flexibility index (Phi) is 4.23. The predicted molar refractivity (Wildman–Crippen MR) is 80.4 cm³/mol. The van der Waals surface area contributed by atoms with Crippen LogP contribution in [0.5, 0.6) is 0 Å². The number of carbonyl (C=O) groups excluding carboxylic acids is 2. The van der Waals surface area contributed by atoms with Crippen molar-refractivity contribution >= 4 is 11.9 Å². The number of aliphatic hydroxyl groups excluding tert-OH is 1. The van der Waals surface area contributed by atoms with Gasteiger partial charge < -0.3 is 19.3 Å². The van der Waals surface area contributed by atoms with Gasteiger partial charge in [-0.3, -0.25) is 9.59 Å².